The number of rotatable bonds is 8. The van der Waals surface area contributed by atoms with Gasteiger partial charge in [-0.25, -0.2) is 4.79 Å². The average Bonchev–Trinajstić information content (AvgIpc) is 2.66. The number of benzene rings is 1. The first kappa shape index (κ1) is 21.0. The van der Waals surface area contributed by atoms with Crippen molar-refractivity contribution in [2.24, 2.45) is 5.92 Å². The number of urea groups is 1. The van der Waals surface area contributed by atoms with Crippen LogP contribution in [0.5, 0.6) is 0 Å². The van der Waals surface area contributed by atoms with E-state index < -0.39 is 0 Å². The van der Waals surface area contributed by atoms with Gasteiger partial charge in [0.05, 0.1) is 19.3 Å². The zero-order valence-corrected chi connectivity index (χ0v) is 16.9. The van der Waals surface area contributed by atoms with Crippen LogP contribution in [-0.4, -0.2) is 49.8 Å². The number of hydrogen-bond acceptors (Lipinski definition) is 3. The maximum Gasteiger partial charge on any atom is 0.315 e. The molecule has 0 spiro atoms. The minimum absolute atomic E-state index is 0.140. The van der Waals surface area contributed by atoms with Crippen molar-refractivity contribution < 1.29 is 9.53 Å². The van der Waals surface area contributed by atoms with Gasteiger partial charge in [-0.2, -0.15) is 0 Å². The van der Waals surface area contributed by atoms with Crippen molar-refractivity contribution in [3.63, 3.8) is 0 Å². The van der Waals surface area contributed by atoms with Crippen molar-refractivity contribution >= 4 is 17.6 Å². The fraction of sp³-hybridized carbons (Fsp3) is 0.650. The Kier molecular flexibility index (Phi) is 8.69. The molecule has 1 aromatic rings. The lowest BCUT2D eigenvalue weighted by Crippen LogP contribution is -2.53. The summed E-state index contributed by atoms with van der Waals surface area (Å²) in [5.74, 6) is 0.564. The number of nitrogens with zero attached hydrogens (tertiary/aromatic N) is 1. The van der Waals surface area contributed by atoms with Crippen LogP contribution in [0.1, 0.15) is 45.2 Å². The third-order valence-electron chi connectivity index (χ3n) is 5.30. The Morgan fingerprint density at radius 3 is 2.50 bits per heavy atom. The predicted molar refractivity (Wildman–Crippen MR) is 107 cm³/mol. The highest BCUT2D eigenvalue weighted by atomic mass is 35.5. The molecule has 2 N–H and O–H groups in total. The molecule has 1 aromatic carbocycles. The molecule has 0 aromatic heterocycles. The first-order valence-electron chi connectivity index (χ1n) is 9.67. The van der Waals surface area contributed by atoms with Crippen LogP contribution in [0.2, 0.25) is 5.02 Å². The van der Waals surface area contributed by atoms with Gasteiger partial charge in [0.2, 0.25) is 0 Å². The van der Waals surface area contributed by atoms with Crippen LogP contribution in [0.4, 0.5) is 4.79 Å². The van der Waals surface area contributed by atoms with E-state index in [9.17, 15) is 4.79 Å². The number of hydrogen-bond donors (Lipinski definition) is 2. The molecule has 2 atom stereocenters. The number of halogens is 1. The fourth-order valence-electron chi connectivity index (χ4n) is 3.68. The van der Waals surface area contributed by atoms with E-state index in [0.29, 0.717) is 23.5 Å². The Bertz CT molecular complexity index is 560. The van der Waals surface area contributed by atoms with Gasteiger partial charge in [0, 0.05) is 30.7 Å². The molecular weight excluding hydrogens is 350 g/mol. The highest BCUT2D eigenvalue weighted by Gasteiger charge is 2.27. The highest BCUT2D eigenvalue weighted by Crippen LogP contribution is 2.22. The van der Waals surface area contributed by atoms with Gasteiger partial charge < -0.3 is 15.4 Å². The largest absolute Gasteiger partial charge is 0.379 e. The molecule has 146 valence electrons. The lowest BCUT2D eigenvalue weighted by atomic mass is 9.92. The zero-order chi connectivity index (χ0) is 18.9. The smallest absolute Gasteiger partial charge is 0.315 e. The number of carbonyl (C=O) groups is 1. The van der Waals surface area contributed by atoms with Gasteiger partial charge in [-0.15, -0.1) is 0 Å². The summed E-state index contributed by atoms with van der Waals surface area (Å²) in [5.41, 5.74) is 0.925. The highest BCUT2D eigenvalue weighted by molar-refractivity contribution is 6.31. The van der Waals surface area contributed by atoms with Crippen molar-refractivity contribution in [2.45, 2.75) is 45.7 Å². The third-order valence-corrected chi connectivity index (χ3v) is 5.64. The molecule has 6 heteroatoms. The number of ether oxygens (including phenoxy) is 1. The van der Waals surface area contributed by atoms with Crippen molar-refractivity contribution in [1.29, 1.82) is 0 Å². The molecule has 1 fully saturated rings. The summed E-state index contributed by atoms with van der Waals surface area (Å²) in [6.07, 6.45) is 2.22. The number of carbonyl (C=O) groups excluding carboxylic acids is 1. The lowest BCUT2D eigenvalue weighted by Gasteiger charge is -2.38. The van der Waals surface area contributed by atoms with Crippen LogP contribution in [0, 0.1) is 5.92 Å². The molecule has 0 saturated carbocycles. The van der Waals surface area contributed by atoms with Gasteiger partial charge in [0.1, 0.15) is 0 Å². The number of amides is 2. The van der Waals surface area contributed by atoms with Crippen molar-refractivity contribution in [1.82, 2.24) is 15.5 Å². The summed E-state index contributed by atoms with van der Waals surface area (Å²) in [7, 11) is 0. The summed E-state index contributed by atoms with van der Waals surface area (Å²) in [5, 5.41) is 6.74. The second-order valence-electron chi connectivity index (χ2n) is 6.89. The molecule has 2 amide bonds. The van der Waals surface area contributed by atoms with Crippen LogP contribution in [0.3, 0.4) is 0 Å². The monoisotopic (exact) mass is 381 g/mol. The van der Waals surface area contributed by atoms with Gasteiger partial charge in [0.15, 0.2) is 0 Å². The van der Waals surface area contributed by atoms with Crippen LogP contribution in [0.15, 0.2) is 24.3 Å². The second kappa shape index (κ2) is 10.8. The Hall–Kier alpha value is -1.30. The maximum absolute atomic E-state index is 12.4. The van der Waals surface area contributed by atoms with E-state index in [-0.39, 0.29) is 12.1 Å². The molecule has 1 aliphatic rings. The van der Waals surface area contributed by atoms with E-state index in [1.807, 2.05) is 31.2 Å². The minimum Gasteiger partial charge on any atom is -0.379 e. The first-order valence-corrected chi connectivity index (χ1v) is 10.0. The van der Waals surface area contributed by atoms with Gasteiger partial charge in [-0.3, -0.25) is 4.90 Å². The van der Waals surface area contributed by atoms with E-state index in [1.165, 1.54) is 0 Å². The van der Waals surface area contributed by atoms with Crippen LogP contribution < -0.4 is 10.6 Å². The summed E-state index contributed by atoms with van der Waals surface area (Å²) >= 11 is 6.22. The maximum atomic E-state index is 12.4. The van der Waals surface area contributed by atoms with E-state index in [0.717, 1.165) is 44.7 Å². The van der Waals surface area contributed by atoms with Crippen LogP contribution in [-0.2, 0) is 4.74 Å². The van der Waals surface area contributed by atoms with Crippen molar-refractivity contribution in [3.8, 4) is 0 Å². The van der Waals surface area contributed by atoms with Crippen LogP contribution >= 0.6 is 11.6 Å². The molecule has 2 unspecified atom stereocenters. The normalized spacial score (nSPS) is 17.7. The third kappa shape index (κ3) is 5.86. The van der Waals surface area contributed by atoms with Crippen molar-refractivity contribution in [2.75, 3.05) is 32.8 Å². The average molecular weight is 382 g/mol. The Morgan fingerprint density at radius 1 is 1.23 bits per heavy atom. The molecule has 26 heavy (non-hydrogen) atoms. The van der Waals surface area contributed by atoms with E-state index in [1.54, 1.807) is 0 Å². The minimum atomic E-state index is -0.151. The predicted octanol–water partition coefficient (Wildman–Crippen LogP) is 3.84. The summed E-state index contributed by atoms with van der Waals surface area (Å²) in [6.45, 7) is 10.4. The van der Waals surface area contributed by atoms with Crippen LogP contribution in [0.25, 0.3) is 0 Å². The summed E-state index contributed by atoms with van der Waals surface area (Å²) in [6, 6.07) is 7.65. The van der Waals surface area contributed by atoms with Gasteiger partial charge in [-0.05, 0) is 24.5 Å². The molecule has 2 rings (SSSR count). The molecule has 1 saturated heterocycles. The van der Waals surface area contributed by atoms with Gasteiger partial charge >= 0.3 is 6.03 Å². The second-order valence-corrected chi connectivity index (χ2v) is 7.30. The molecule has 5 nitrogen and oxygen atoms in total. The van der Waals surface area contributed by atoms with E-state index in [4.69, 9.17) is 16.3 Å². The Morgan fingerprint density at radius 2 is 1.88 bits per heavy atom. The molecule has 0 radical (unpaired) electrons. The molecule has 0 bridgehead atoms. The fourth-order valence-corrected chi connectivity index (χ4v) is 3.98. The van der Waals surface area contributed by atoms with E-state index >= 15 is 0 Å². The Balaban J connectivity index is 1.92. The molecule has 1 heterocycles. The molecule has 0 aliphatic carbocycles. The quantitative estimate of drug-likeness (QED) is 0.719. The van der Waals surface area contributed by atoms with E-state index in [2.05, 4.69) is 29.4 Å². The Labute approximate surface area is 162 Å². The topological polar surface area (TPSA) is 53.6 Å². The first-order chi connectivity index (χ1) is 12.6. The number of nitrogens with one attached hydrogen (secondary N) is 2. The summed E-state index contributed by atoms with van der Waals surface area (Å²) in [4.78, 5) is 14.9. The molecule has 1 aliphatic heterocycles. The molecular formula is C20H32ClN3O2. The lowest BCUT2D eigenvalue weighted by molar-refractivity contribution is 0.00236. The SMILES string of the molecule is CCC(CC)C(CNC(=O)NC(C)c1ccccc1Cl)N1CCOCC1. The number of morpholine rings is 1. The standard InChI is InChI=1S/C20H32ClN3O2/c1-4-16(5-2)19(24-10-12-26-13-11-24)14-22-20(25)23-15(3)17-8-6-7-9-18(17)21/h6-9,15-16,19H,4-5,10-14H2,1-3H3,(H2,22,23,25). The van der Waals surface area contributed by atoms with Crippen molar-refractivity contribution in [3.05, 3.63) is 34.9 Å². The summed E-state index contributed by atoms with van der Waals surface area (Å²) < 4.78 is 5.48. The zero-order valence-electron chi connectivity index (χ0n) is 16.1. The van der Waals surface area contributed by atoms with Gasteiger partial charge in [0.25, 0.3) is 0 Å². The van der Waals surface area contributed by atoms with Gasteiger partial charge in [-0.1, -0.05) is 56.5 Å².